The number of carbonyl (C=O) groups excluding carboxylic acids is 2. The SMILES string of the molecule is CCNC(=O)CN(C)C(=O)CBr. The van der Waals surface area contributed by atoms with Crippen LogP contribution in [0.1, 0.15) is 6.92 Å². The van der Waals surface area contributed by atoms with Gasteiger partial charge in [-0.1, -0.05) is 15.9 Å². The topological polar surface area (TPSA) is 49.4 Å². The number of rotatable bonds is 4. The molecule has 70 valence electrons. The molecule has 0 saturated carbocycles. The Kier molecular flexibility index (Phi) is 5.70. The lowest BCUT2D eigenvalue weighted by molar-refractivity contribution is -0.132. The summed E-state index contributed by atoms with van der Waals surface area (Å²) in [6.45, 7) is 2.55. The fourth-order valence-corrected chi connectivity index (χ4v) is 1.09. The first-order valence-electron chi connectivity index (χ1n) is 3.68. The molecule has 1 N–H and O–H groups in total. The number of alkyl halides is 1. The van der Waals surface area contributed by atoms with Crippen LogP contribution in [0, 0.1) is 0 Å². The summed E-state index contributed by atoms with van der Waals surface area (Å²) < 4.78 is 0. The Morgan fingerprint density at radius 3 is 2.50 bits per heavy atom. The quantitative estimate of drug-likeness (QED) is 0.698. The molecular weight excluding hydrogens is 224 g/mol. The molecule has 2 amide bonds. The minimum atomic E-state index is -0.130. The van der Waals surface area contributed by atoms with Gasteiger partial charge in [-0.25, -0.2) is 0 Å². The highest BCUT2D eigenvalue weighted by atomic mass is 79.9. The van der Waals surface area contributed by atoms with Crippen LogP contribution in [0.4, 0.5) is 0 Å². The molecule has 0 spiro atoms. The van der Waals surface area contributed by atoms with Gasteiger partial charge in [-0.05, 0) is 6.92 Å². The normalized spacial score (nSPS) is 9.25. The van der Waals surface area contributed by atoms with E-state index in [0.29, 0.717) is 6.54 Å². The van der Waals surface area contributed by atoms with Gasteiger partial charge >= 0.3 is 0 Å². The van der Waals surface area contributed by atoms with Crippen LogP contribution in [0.2, 0.25) is 0 Å². The molecule has 0 aromatic carbocycles. The van der Waals surface area contributed by atoms with Crippen LogP contribution in [0.5, 0.6) is 0 Å². The molecule has 0 aliphatic rings. The zero-order chi connectivity index (χ0) is 9.56. The van der Waals surface area contributed by atoms with Crippen molar-refractivity contribution in [3.05, 3.63) is 0 Å². The monoisotopic (exact) mass is 236 g/mol. The number of halogens is 1. The van der Waals surface area contributed by atoms with Crippen molar-refractivity contribution in [3.63, 3.8) is 0 Å². The molecule has 0 aromatic heterocycles. The first-order chi connectivity index (χ1) is 5.61. The third-order valence-corrected chi connectivity index (χ3v) is 1.77. The molecule has 0 aliphatic heterocycles. The van der Waals surface area contributed by atoms with Crippen LogP contribution in [0.3, 0.4) is 0 Å². The van der Waals surface area contributed by atoms with Gasteiger partial charge in [-0.3, -0.25) is 9.59 Å². The van der Waals surface area contributed by atoms with Crippen molar-refractivity contribution in [2.45, 2.75) is 6.92 Å². The Hall–Kier alpha value is -0.580. The minimum Gasteiger partial charge on any atom is -0.355 e. The van der Waals surface area contributed by atoms with Crippen LogP contribution in [-0.2, 0) is 9.59 Å². The van der Waals surface area contributed by atoms with E-state index < -0.39 is 0 Å². The third-order valence-electron chi connectivity index (χ3n) is 1.29. The molecule has 4 nitrogen and oxygen atoms in total. The lowest BCUT2D eigenvalue weighted by Gasteiger charge is -2.14. The Balaban J connectivity index is 3.75. The summed E-state index contributed by atoms with van der Waals surface area (Å²) >= 11 is 3.02. The maximum absolute atomic E-state index is 11.0. The summed E-state index contributed by atoms with van der Waals surface area (Å²) in [7, 11) is 1.60. The fourth-order valence-electron chi connectivity index (χ4n) is 0.659. The number of carbonyl (C=O) groups is 2. The zero-order valence-electron chi connectivity index (χ0n) is 7.26. The minimum absolute atomic E-state index is 0.0961. The molecule has 0 fully saturated rings. The largest absolute Gasteiger partial charge is 0.355 e. The molecular formula is C7H13BrN2O2. The number of hydrogen-bond acceptors (Lipinski definition) is 2. The van der Waals surface area contributed by atoms with Gasteiger partial charge in [0.25, 0.3) is 0 Å². The van der Waals surface area contributed by atoms with Crippen LogP contribution in [0.25, 0.3) is 0 Å². The smallest absolute Gasteiger partial charge is 0.239 e. The molecule has 0 aliphatic carbocycles. The van der Waals surface area contributed by atoms with E-state index in [0.717, 1.165) is 0 Å². The summed E-state index contributed by atoms with van der Waals surface area (Å²) in [4.78, 5) is 23.3. The number of amides is 2. The molecule has 12 heavy (non-hydrogen) atoms. The van der Waals surface area contributed by atoms with E-state index in [-0.39, 0.29) is 23.7 Å². The molecule has 0 rings (SSSR count). The lowest BCUT2D eigenvalue weighted by Crippen LogP contribution is -2.38. The third kappa shape index (κ3) is 4.33. The van der Waals surface area contributed by atoms with Crippen molar-refractivity contribution in [3.8, 4) is 0 Å². The molecule has 0 heterocycles. The van der Waals surface area contributed by atoms with E-state index in [1.165, 1.54) is 4.90 Å². The zero-order valence-corrected chi connectivity index (χ0v) is 8.85. The van der Waals surface area contributed by atoms with E-state index in [1.807, 2.05) is 6.92 Å². The summed E-state index contributed by atoms with van der Waals surface area (Å²) in [5, 5.41) is 2.86. The van der Waals surface area contributed by atoms with Gasteiger partial charge in [0.1, 0.15) is 0 Å². The van der Waals surface area contributed by atoms with E-state index >= 15 is 0 Å². The van der Waals surface area contributed by atoms with Crippen molar-refractivity contribution >= 4 is 27.7 Å². The Labute approximate surface area is 80.4 Å². The highest BCUT2D eigenvalue weighted by Crippen LogP contribution is 1.89. The second kappa shape index (κ2) is 5.99. The van der Waals surface area contributed by atoms with Gasteiger partial charge in [-0.2, -0.15) is 0 Å². The molecule has 5 heteroatoms. The maximum Gasteiger partial charge on any atom is 0.239 e. The molecule has 0 saturated heterocycles. The van der Waals surface area contributed by atoms with E-state index in [9.17, 15) is 9.59 Å². The van der Waals surface area contributed by atoms with Crippen molar-refractivity contribution < 1.29 is 9.59 Å². The summed E-state index contributed by atoms with van der Waals surface area (Å²) in [6.07, 6.45) is 0. The van der Waals surface area contributed by atoms with Gasteiger partial charge in [0.15, 0.2) is 0 Å². The van der Waals surface area contributed by atoms with Crippen LogP contribution in [-0.4, -0.2) is 42.2 Å². The Morgan fingerprint density at radius 1 is 1.50 bits per heavy atom. The first kappa shape index (κ1) is 11.4. The second-order valence-electron chi connectivity index (χ2n) is 2.34. The molecule has 0 atom stereocenters. The number of likely N-dealkylation sites (N-methyl/N-ethyl adjacent to an activating group) is 2. The Morgan fingerprint density at radius 2 is 2.08 bits per heavy atom. The van der Waals surface area contributed by atoms with Gasteiger partial charge in [-0.15, -0.1) is 0 Å². The fraction of sp³-hybridized carbons (Fsp3) is 0.714. The summed E-state index contributed by atoms with van der Waals surface area (Å²) in [5.74, 6) is -0.226. The molecule has 0 radical (unpaired) electrons. The Bertz CT molecular complexity index is 173. The molecule has 0 bridgehead atoms. The average molecular weight is 237 g/mol. The van der Waals surface area contributed by atoms with Gasteiger partial charge in [0.05, 0.1) is 11.9 Å². The standard InChI is InChI=1S/C7H13BrN2O2/c1-3-9-6(11)5-10(2)7(12)4-8/h3-5H2,1-2H3,(H,9,11). The van der Waals surface area contributed by atoms with Gasteiger partial charge < -0.3 is 10.2 Å². The maximum atomic E-state index is 11.0. The van der Waals surface area contributed by atoms with Crippen molar-refractivity contribution in [1.29, 1.82) is 0 Å². The average Bonchev–Trinajstić information content (AvgIpc) is 2.03. The molecule has 0 aromatic rings. The predicted molar refractivity (Wildman–Crippen MR) is 50.1 cm³/mol. The van der Waals surface area contributed by atoms with Crippen molar-refractivity contribution in [2.24, 2.45) is 0 Å². The van der Waals surface area contributed by atoms with E-state index in [4.69, 9.17) is 0 Å². The number of nitrogens with zero attached hydrogens (tertiary/aromatic N) is 1. The van der Waals surface area contributed by atoms with Crippen molar-refractivity contribution in [2.75, 3.05) is 25.5 Å². The molecule has 0 unspecified atom stereocenters. The summed E-state index contributed by atoms with van der Waals surface area (Å²) in [5.41, 5.74) is 0. The van der Waals surface area contributed by atoms with Crippen molar-refractivity contribution in [1.82, 2.24) is 10.2 Å². The van der Waals surface area contributed by atoms with E-state index in [1.54, 1.807) is 7.05 Å². The second-order valence-corrected chi connectivity index (χ2v) is 2.90. The van der Waals surface area contributed by atoms with Crippen LogP contribution >= 0.6 is 15.9 Å². The van der Waals surface area contributed by atoms with Gasteiger partial charge in [0, 0.05) is 13.6 Å². The summed E-state index contributed by atoms with van der Waals surface area (Å²) in [6, 6.07) is 0. The van der Waals surface area contributed by atoms with Crippen LogP contribution < -0.4 is 5.32 Å². The van der Waals surface area contributed by atoms with Gasteiger partial charge in [0.2, 0.25) is 11.8 Å². The number of hydrogen-bond donors (Lipinski definition) is 1. The first-order valence-corrected chi connectivity index (χ1v) is 4.80. The highest BCUT2D eigenvalue weighted by molar-refractivity contribution is 9.09. The highest BCUT2D eigenvalue weighted by Gasteiger charge is 2.09. The predicted octanol–water partition coefficient (Wildman–Crippen LogP) is -0.0242. The van der Waals surface area contributed by atoms with Crippen LogP contribution in [0.15, 0.2) is 0 Å². The van der Waals surface area contributed by atoms with E-state index in [2.05, 4.69) is 21.2 Å². The number of nitrogens with one attached hydrogen (secondary N) is 1. The lowest BCUT2D eigenvalue weighted by atomic mass is 10.5.